The first-order chi connectivity index (χ1) is 12.2. The van der Waals surface area contributed by atoms with Crippen molar-refractivity contribution in [1.29, 1.82) is 0 Å². The Balaban J connectivity index is 1.31. The second kappa shape index (κ2) is 7.25. The predicted octanol–water partition coefficient (Wildman–Crippen LogP) is 2.95. The number of hydrogen-bond donors (Lipinski definition) is 1. The molecule has 2 saturated heterocycles. The molecule has 5 nitrogen and oxygen atoms in total. The summed E-state index contributed by atoms with van der Waals surface area (Å²) in [5, 5.41) is 3.96. The van der Waals surface area contributed by atoms with Crippen LogP contribution in [0.25, 0.3) is 10.2 Å². The van der Waals surface area contributed by atoms with Crippen molar-refractivity contribution >= 4 is 32.6 Å². The number of amides is 1. The molecule has 7 heteroatoms. The fourth-order valence-corrected chi connectivity index (χ4v) is 4.56. The van der Waals surface area contributed by atoms with E-state index in [9.17, 15) is 9.18 Å². The minimum Gasteiger partial charge on any atom is -0.376 e. The van der Waals surface area contributed by atoms with Crippen LogP contribution in [0.5, 0.6) is 0 Å². The SMILES string of the molecule is O=C(NCC1CCCO1)C1CCN(c2nc3ccc(F)cc3s2)CC1. The van der Waals surface area contributed by atoms with Crippen LogP contribution >= 0.6 is 11.3 Å². The number of ether oxygens (including phenoxy) is 1. The van der Waals surface area contributed by atoms with Gasteiger partial charge in [-0.3, -0.25) is 4.79 Å². The van der Waals surface area contributed by atoms with E-state index in [0.29, 0.717) is 6.54 Å². The van der Waals surface area contributed by atoms with Crippen LogP contribution in [0.1, 0.15) is 25.7 Å². The Hall–Kier alpha value is -1.73. The van der Waals surface area contributed by atoms with Crippen molar-refractivity contribution in [2.75, 3.05) is 31.1 Å². The Morgan fingerprint density at radius 1 is 1.36 bits per heavy atom. The van der Waals surface area contributed by atoms with Gasteiger partial charge in [0.2, 0.25) is 5.91 Å². The highest BCUT2D eigenvalue weighted by molar-refractivity contribution is 7.22. The van der Waals surface area contributed by atoms with Crippen molar-refractivity contribution in [1.82, 2.24) is 10.3 Å². The lowest BCUT2D eigenvalue weighted by Crippen LogP contribution is -2.42. The molecular weight excluding hydrogens is 341 g/mol. The second-order valence-corrected chi connectivity index (χ2v) is 7.76. The van der Waals surface area contributed by atoms with Gasteiger partial charge in [0.1, 0.15) is 5.82 Å². The molecule has 0 bridgehead atoms. The zero-order valence-electron chi connectivity index (χ0n) is 14.0. The summed E-state index contributed by atoms with van der Waals surface area (Å²) >= 11 is 1.51. The van der Waals surface area contributed by atoms with Crippen LogP contribution in [0, 0.1) is 11.7 Å². The van der Waals surface area contributed by atoms with E-state index < -0.39 is 0 Å². The van der Waals surface area contributed by atoms with Crippen LogP contribution in [0.2, 0.25) is 0 Å². The van der Waals surface area contributed by atoms with Crippen LogP contribution in [0.3, 0.4) is 0 Å². The summed E-state index contributed by atoms with van der Waals surface area (Å²) < 4.78 is 19.7. The van der Waals surface area contributed by atoms with Gasteiger partial charge in [-0.25, -0.2) is 9.37 Å². The molecular formula is C18H22FN3O2S. The molecule has 0 spiro atoms. The molecule has 2 aliphatic rings. The van der Waals surface area contributed by atoms with Gasteiger partial charge < -0.3 is 15.0 Å². The van der Waals surface area contributed by atoms with Crippen molar-refractivity contribution in [3.05, 3.63) is 24.0 Å². The Labute approximate surface area is 150 Å². The van der Waals surface area contributed by atoms with Crippen molar-refractivity contribution in [2.24, 2.45) is 5.92 Å². The predicted molar refractivity (Wildman–Crippen MR) is 96.5 cm³/mol. The highest BCUT2D eigenvalue weighted by Crippen LogP contribution is 2.32. The first-order valence-corrected chi connectivity index (χ1v) is 9.71. The monoisotopic (exact) mass is 363 g/mol. The van der Waals surface area contributed by atoms with Gasteiger partial charge in [-0.15, -0.1) is 0 Å². The standard InChI is InChI=1S/C18H22FN3O2S/c19-13-3-4-15-16(10-13)25-18(21-15)22-7-5-12(6-8-22)17(23)20-11-14-2-1-9-24-14/h3-4,10,12,14H,1-2,5-9,11H2,(H,20,23). The topological polar surface area (TPSA) is 54.5 Å². The van der Waals surface area contributed by atoms with Crippen LogP contribution in [-0.2, 0) is 9.53 Å². The molecule has 4 rings (SSSR count). The molecule has 0 aliphatic carbocycles. The van der Waals surface area contributed by atoms with E-state index in [2.05, 4.69) is 15.2 Å². The average Bonchev–Trinajstić information content (AvgIpc) is 3.29. The zero-order chi connectivity index (χ0) is 17.2. The third-order valence-electron chi connectivity index (χ3n) is 5.00. The summed E-state index contributed by atoms with van der Waals surface area (Å²) in [5.74, 6) is -0.0321. The molecule has 1 aromatic carbocycles. The number of thiazole rings is 1. The quantitative estimate of drug-likeness (QED) is 0.907. The van der Waals surface area contributed by atoms with Crippen molar-refractivity contribution < 1.29 is 13.9 Å². The van der Waals surface area contributed by atoms with Crippen LogP contribution in [0.4, 0.5) is 9.52 Å². The number of rotatable bonds is 4. The molecule has 2 fully saturated rings. The first-order valence-electron chi connectivity index (χ1n) is 8.89. The summed E-state index contributed by atoms with van der Waals surface area (Å²) in [6.07, 6.45) is 3.96. The maximum absolute atomic E-state index is 13.3. The Kier molecular flexibility index (Phi) is 4.85. The van der Waals surface area contributed by atoms with Gasteiger partial charge in [0, 0.05) is 32.2 Å². The molecule has 1 N–H and O–H groups in total. The van der Waals surface area contributed by atoms with E-state index in [-0.39, 0.29) is 23.7 Å². The number of aromatic nitrogens is 1. The number of nitrogens with zero attached hydrogens (tertiary/aromatic N) is 2. The minimum absolute atomic E-state index is 0.0597. The van der Waals surface area contributed by atoms with Gasteiger partial charge in [0.25, 0.3) is 0 Å². The Morgan fingerprint density at radius 3 is 2.96 bits per heavy atom. The molecule has 1 atom stereocenters. The number of carbonyl (C=O) groups is 1. The maximum Gasteiger partial charge on any atom is 0.223 e. The summed E-state index contributed by atoms with van der Waals surface area (Å²) in [6.45, 7) is 3.05. The van der Waals surface area contributed by atoms with Gasteiger partial charge in [-0.1, -0.05) is 11.3 Å². The van der Waals surface area contributed by atoms with Crippen molar-refractivity contribution in [2.45, 2.75) is 31.8 Å². The lowest BCUT2D eigenvalue weighted by atomic mass is 9.96. The number of hydrogen-bond acceptors (Lipinski definition) is 5. The van der Waals surface area contributed by atoms with Crippen molar-refractivity contribution in [3.63, 3.8) is 0 Å². The smallest absolute Gasteiger partial charge is 0.223 e. The van der Waals surface area contributed by atoms with Gasteiger partial charge in [0.05, 0.1) is 16.3 Å². The summed E-state index contributed by atoms with van der Waals surface area (Å²) in [7, 11) is 0. The van der Waals surface area contributed by atoms with Gasteiger partial charge in [-0.05, 0) is 43.9 Å². The molecule has 3 heterocycles. The fraction of sp³-hybridized carbons (Fsp3) is 0.556. The molecule has 0 saturated carbocycles. The van der Waals surface area contributed by atoms with Crippen LogP contribution in [0.15, 0.2) is 18.2 Å². The molecule has 1 unspecified atom stereocenters. The number of carbonyl (C=O) groups excluding carboxylic acids is 1. The molecule has 0 radical (unpaired) electrons. The van der Waals surface area contributed by atoms with Crippen LogP contribution in [-0.4, -0.2) is 43.2 Å². The Bertz CT molecular complexity index is 752. The highest BCUT2D eigenvalue weighted by Gasteiger charge is 2.27. The molecule has 25 heavy (non-hydrogen) atoms. The number of anilines is 1. The van der Waals surface area contributed by atoms with E-state index in [1.54, 1.807) is 6.07 Å². The maximum atomic E-state index is 13.3. The molecule has 2 aliphatic heterocycles. The Morgan fingerprint density at radius 2 is 2.20 bits per heavy atom. The summed E-state index contributed by atoms with van der Waals surface area (Å²) in [6, 6.07) is 4.69. The summed E-state index contributed by atoms with van der Waals surface area (Å²) in [5.41, 5.74) is 0.831. The number of halogens is 1. The van der Waals surface area contributed by atoms with Gasteiger partial charge in [-0.2, -0.15) is 0 Å². The van der Waals surface area contributed by atoms with E-state index in [0.717, 1.165) is 60.7 Å². The lowest BCUT2D eigenvalue weighted by molar-refractivity contribution is -0.126. The number of piperidine rings is 1. The minimum atomic E-state index is -0.232. The van der Waals surface area contributed by atoms with E-state index in [4.69, 9.17) is 4.74 Å². The van der Waals surface area contributed by atoms with Crippen LogP contribution < -0.4 is 10.2 Å². The first kappa shape index (κ1) is 16.7. The molecule has 134 valence electrons. The number of fused-ring (bicyclic) bond motifs is 1. The number of benzene rings is 1. The normalized spacial score (nSPS) is 21.8. The fourth-order valence-electron chi connectivity index (χ4n) is 3.52. The highest BCUT2D eigenvalue weighted by atomic mass is 32.1. The largest absolute Gasteiger partial charge is 0.376 e. The lowest BCUT2D eigenvalue weighted by Gasteiger charge is -2.31. The zero-order valence-corrected chi connectivity index (χ0v) is 14.9. The second-order valence-electron chi connectivity index (χ2n) is 6.75. The molecule has 2 aromatic rings. The van der Waals surface area contributed by atoms with E-state index in [1.807, 2.05) is 0 Å². The van der Waals surface area contributed by atoms with E-state index >= 15 is 0 Å². The average molecular weight is 363 g/mol. The van der Waals surface area contributed by atoms with E-state index in [1.165, 1.54) is 23.5 Å². The van der Waals surface area contributed by atoms with Gasteiger partial charge in [0.15, 0.2) is 5.13 Å². The van der Waals surface area contributed by atoms with Gasteiger partial charge >= 0.3 is 0 Å². The summed E-state index contributed by atoms with van der Waals surface area (Å²) in [4.78, 5) is 19.1. The number of nitrogens with one attached hydrogen (secondary N) is 1. The third kappa shape index (κ3) is 3.77. The molecule has 1 aromatic heterocycles. The third-order valence-corrected chi connectivity index (χ3v) is 6.08. The van der Waals surface area contributed by atoms with Crippen molar-refractivity contribution in [3.8, 4) is 0 Å². The molecule has 1 amide bonds.